The molecular weight excluding hydrogens is 230 g/mol. The molecule has 1 heterocycles. The fourth-order valence-corrected chi connectivity index (χ4v) is 0.943. The van der Waals surface area contributed by atoms with Gasteiger partial charge in [0.1, 0.15) is 0 Å². The van der Waals surface area contributed by atoms with Gasteiger partial charge in [-0.05, 0) is 12.1 Å². The number of aromatic carboxylic acids is 2. The lowest BCUT2D eigenvalue weighted by Gasteiger charge is -2.03. The van der Waals surface area contributed by atoms with E-state index in [2.05, 4.69) is 15.5 Å². The molecule has 0 aromatic carbocycles. The first-order valence-corrected chi connectivity index (χ1v) is 4.23. The Morgan fingerprint density at radius 1 is 1.18 bits per heavy atom. The van der Waals surface area contributed by atoms with Gasteiger partial charge in [0.25, 0.3) is 0 Å². The number of nitrogens with one attached hydrogen (secondary N) is 1. The van der Waals surface area contributed by atoms with Gasteiger partial charge in [-0.25, -0.2) is 14.6 Å². The molecule has 0 aliphatic heterocycles. The van der Waals surface area contributed by atoms with Crippen LogP contribution in [0, 0.1) is 0 Å². The Balaban J connectivity index is 3.17. The number of guanidine groups is 1. The molecule has 0 saturated carbocycles. The molecule has 0 fully saturated rings. The molecule has 0 aliphatic rings. The summed E-state index contributed by atoms with van der Waals surface area (Å²) in [6.45, 7) is 0. The normalized spacial score (nSPS) is 9.41. The van der Waals surface area contributed by atoms with Crippen molar-refractivity contribution in [3.63, 3.8) is 0 Å². The van der Waals surface area contributed by atoms with Gasteiger partial charge in [-0.15, -0.1) is 5.10 Å². The van der Waals surface area contributed by atoms with Gasteiger partial charge in [0.15, 0.2) is 11.4 Å². The Bertz CT molecular complexity index is 462. The first-order chi connectivity index (χ1) is 7.90. The van der Waals surface area contributed by atoms with E-state index in [0.717, 1.165) is 12.1 Å². The van der Waals surface area contributed by atoms with Crippen molar-refractivity contribution >= 4 is 23.6 Å². The smallest absolute Gasteiger partial charge is 0.354 e. The van der Waals surface area contributed by atoms with Crippen LogP contribution in [0.25, 0.3) is 0 Å². The first-order valence-electron chi connectivity index (χ1n) is 4.23. The highest BCUT2D eigenvalue weighted by atomic mass is 16.4. The SMILES string of the molecule is NC(N)=NNc1cc(C(=O)O)nc(C(=O)O)c1. The minimum Gasteiger partial charge on any atom is -0.477 e. The fraction of sp³-hybridized carbons (Fsp3) is 0. The monoisotopic (exact) mass is 239 g/mol. The van der Waals surface area contributed by atoms with Crippen molar-refractivity contribution in [2.45, 2.75) is 0 Å². The van der Waals surface area contributed by atoms with E-state index >= 15 is 0 Å². The van der Waals surface area contributed by atoms with Crippen LogP contribution in [-0.2, 0) is 0 Å². The van der Waals surface area contributed by atoms with E-state index in [1.807, 2.05) is 0 Å². The van der Waals surface area contributed by atoms with Crippen LogP contribution in [0.4, 0.5) is 5.69 Å². The lowest BCUT2D eigenvalue weighted by molar-refractivity contribution is 0.0685. The summed E-state index contributed by atoms with van der Waals surface area (Å²) in [4.78, 5) is 24.8. The van der Waals surface area contributed by atoms with Gasteiger partial charge in [0.05, 0.1) is 5.69 Å². The molecule has 0 unspecified atom stereocenters. The van der Waals surface area contributed by atoms with Gasteiger partial charge in [0, 0.05) is 0 Å². The third-order valence-electron chi connectivity index (χ3n) is 1.58. The molecule has 1 aromatic rings. The number of hydrazone groups is 1. The molecule has 90 valence electrons. The van der Waals surface area contributed by atoms with E-state index in [1.54, 1.807) is 0 Å². The number of carboxylic acids is 2. The summed E-state index contributed by atoms with van der Waals surface area (Å²) < 4.78 is 0. The van der Waals surface area contributed by atoms with Gasteiger partial charge in [-0.1, -0.05) is 0 Å². The Kier molecular flexibility index (Phi) is 3.44. The second-order valence-electron chi connectivity index (χ2n) is 2.89. The maximum Gasteiger partial charge on any atom is 0.354 e. The third-order valence-corrected chi connectivity index (χ3v) is 1.58. The zero-order valence-corrected chi connectivity index (χ0v) is 8.41. The van der Waals surface area contributed by atoms with Crippen LogP contribution in [0.1, 0.15) is 21.0 Å². The number of pyridine rings is 1. The maximum absolute atomic E-state index is 10.7. The highest BCUT2D eigenvalue weighted by molar-refractivity contribution is 5.91. The molecule has 9 heteroatoms. The number of nitrogens with two attached hydrogens (primary N) is 2. The van der Waals surface area contributed by atoms with E-state index in [9.17, 15) is 9.59 Å². The lowest BCUT2D eigenvalue weighted by Crippen LogP contribution is -2.24. The molecule has 0 aliphatic carbocycles. The quantitative estimate of drug-likeness (QED) is 0.255. The summed E-state index contributed by atoms with van der Waals surface area (Å²) >= 11 is 0. The predicted molar refractivity (Wildman–Crippen MR) is 57.6 cm³/mol. The minimum absolute atomic E-state index is 0.100. The number of aromatic nitrogens is 1. The Labute approximate surface area is 94.8 Å². The molecule has 9 nitrogen and oxygen atoms in total. The van der Waals surface area contributed by atoms with E-state index < -0.39 is 23.3 Å². The number of anilines is 1. The molecular formula is C8H9N5O4. The zero-order chi connectivity index (χ0) is 13.0. The average Bonchev–Trinajstić information content (AvgIpc) is 2.25. The van der Waals surface area contributed by atoms with Crippen LogP contribution in [-0.4, -0.2) is 33.1 Å². The molecule has 0 bridgehead atoms. The number of hydrogen-bond donors (Lipinski definition) is 5. The number of carbonyl (C=O) groups is 2. The molecule has 17 heavy (non-hydrogen) atoms. The number of nitrogens with zero attached hydrogens (tertiary/aromatic N) is 2. The van der Waals surface area contributed by atoms with Crippen LogP contribution in [0.2, 0.25) is 0 Å². The lowest BCUT2D eigenvalue weighted by atomic mass is 10.2. The van der Waals surface area contributed by atoms with Gasteiger partial charge in [-0.3, -0.25) is 5.43 Å². The van der Waals surface area contributed by atoms with Crippen molar-refractivity contribution in [2.24, 2.45) is 16.6 Å². The van der Waals surface area contributed by atoms with Crippen molar-refractivity contribution in [3.05, 3.63) is 23.5 Å². The standard InChI is InChI=1S/C8H9N5O4/c9-8(10)13-12-3-1-4(6(14)15)11-5(2-3)7(16)17/h1-2H,(H,11,12)(H,14,15)(H,16,17)(H4,9,10,13). The minimum atomic E-state index is -1.36. The Morgan fingerprint density at radius 2 is 1.65 bits per heavy atom. The molecule has 1 aromatic heterocycles. The highest BCUT2D eigenvalue weighted by Gasteiger charge is 2.12. The summed E-state index contributed by atoms with van der Waals surface area (Å²) in [5.41, 5.74) is 11.6. The summed E-state index contributed by atoms with van der Waals surface area (Å²) in [5, 5.41) is 20.9. The Hall–Kier alpha value is -2.84. The summed E-state index contributed by atoms with van der Waals surface area (Å²) in [6.07, 6.45) is 0. The molecule has 0 saturated heterocycles. The molecule has 1 rings (SSSR count). The molecule has 0 radical (unpaired) electrons. The number of rotatable bonds is 4. The third kappa shape index (κ3) is 3.34. The van der Waals surface area contributed by atoms with E-state index in [4.69, 9.17) is 21.7 Å². The summed E-state index contributed by atoms with van der Waals surface area (Å²) in [7, 11) is 0. The second-order valence-corrected chi connectivity index (χ2v) is 2.89. The van der Waals surface area contributed by atoms with Crippen LogP contribution < -0.4 is 16.9 Å². The molecule has 7 N–H and O–H groups in total. The van der Waals surface area contributed by atoms with Crippen molar-refractivity contribution in [1.82, 2.24) is 4.98 Å². The number of carboxylic acid groups (broad SMARTS) is 2. The molecule has 0 atom stereocenters. The van der Waals surface area contributed by atoms with Crippen molar-refractivity contribution in [2.75, 3.05) is 5.43 Å². The maximum atomic E-state index is 10.7. The fourth-order valence-electron chi connectivity index (χ4n) is 0.943. The largest absolute Gasteiger partial charge is 0.477 e. The van der Waals surface area contributed by atoms with Gasteiger partial charge < -0.3 is 21.7 Å². The van der Waals surface area contributed by atoms with E-state index in [0.29, 0.717) is 0 Å². The first kappa shape index (κ1) is 12.2. The second kappa shape index (κ2) is 4.79. The topological polar surface area (TPSA) is 164 Å². The van der Waals surface area contributed by atoms with Crippen molar-refractivity contribution < 1.29 is 19.8 Å². The van der Waals surface area contributed by atoms with Gasteiger partial charge in [0.2, 0.25) is 5.96 Å². The zero-order valence-electron chi connectivity index (χ0n) is 8.41. The van der Waals surface area contributed by atoms with E-state index in [1.165, 1.54) is 0 Å². The van der Waals surface area contributed by atoms with Crippen LogP contribution in [0.5, 0.6) is 0 Å². The summed E-state index contributed by atoms with van der Waals surface area (Å²) in [6, 6.07) is 2.20. The predicted octanol–water partition coefficient (Wildman–Crippen LogP) is -0.922. The van der Waals surface area contributed by atoms with Crippen molar-refractivity contribution in [3.8, 4) is 0 Å². The molecule has 0 amide bonds. The van der Waals surface area contributed by atoms with E-state index in [-0.39, 0.29) is 11.6 Å². The Morgan fingerprint density at radius 3 is 2.00 bits per heavy atom. The van der Waals surface area contributed by atoms with Crippen LogP contribution in [0.3, 0.4) is 0 Å². The number of hydrogen-bond acceptors (Lipinski definition) is 5. The van der Waals surface area contributed by atoms with Gasteiger partial charge in [-0.2, -0.15) is 0 Å². The molecule has 0 spiro atoms. The van der Waals surface area contributed by atoms with Crippen molar-refractivity contribution in [1.29, 1.82) is 0 Å². The highest BCUT2D eigenvalue weighted by Crippen LogP contribution is 2.12. The average molecular weight is 239 g/mol. The van der Waals surface area contributed by atoms with Crippen LogP contribution >= 0.6 is 0 Å². The van der Waals surface area contributed by atoms with Crippen LogP contribution in [0.15, 0.2) is 17.2 Å². The summed E-state index contributed by atoms with van der Waals surface area (Å²) in [5.74, 6) is -3.00. The van der Waals surface area contributed by atoms with Gasteiger partial charge >= 0.3 is 11.9 Å².